The number of thiophene rings is 1. The zero-order chi connectivity index (χ0) is 16.7. The number of sulfonamides is 1. The first-order valence-corrected chi connectivity index (χ1v) is 9.46. The number of hydrogen-bond acceptors (Lipinski definition) is 5. The minimum absolute atomic E-state index is 0.256. The van der Waals surface area contributed by atoms with Gasteiger partial charge in [-0.05, 0) is 54.9 Å². The molecule has 0 saturated heterocycles. The Balaban J connectivity index is 2.00. The van der Waals surface area contributed by atoms with Gasteiger partial charge >= 0.3 is 0 Å². The van der Waals surface area contributed by atoms with Gasteiger partial charge < -0.3 is 10.1 Å². The van der Waals surface area contributed by atoms with Crippen molar-refractivity contribution in [2.45, 2.75) is 16.7 Å². The first-order chi connectivity index (χ1) is 10.8. The summed E-state index contributed by atoms with van der Waals surface area (Å²) in [7, 11) is -3.60. The molecule has 120 valence electrons. The third kappa shape index (κ3) is 2.97. The van der Waals surface area contributed by atoms with Crippen molar-refractivity contribution in [1.82, 2.24) is 0 Å². The second kappa shape index (κ2) is 5.63. The number of thiocarbonyl (C=S) groups is 1. The average Bonchev–Trinajstić information content (AvgIpc) is 3.03. The van der Waals surface area contributed by atoms with Crippen molar-refractivity contribution >= 4 is 50.1 Å². The number of fused-ring (bicyclic) bond motifs is 1. The molecule has 2 N–H and O–H groups in total. The van der Waals surface area contributed by atoms with Crippen molar-refractivity contribution in [1.29, 1.82) is 0 Å². The van der Waals surface area contributed by atoms with Crippen LogP contribution in [0.25, 0.3) is 0 Å². The summed E-state index contributed by atoms with van der Waals surface area (Å²) in [6, 6.07) is 8.41. The molecule has 0 aliphatic carbocycles. The summed E-state index contributed by atoms with van der Waals surface area (Å²) in [6.07, 6.45) is 1.64. The fraction of sp³-hybridized carbons (Fsp3) is 0.133. The molecular weight excluding hydrogens is 352 g/mol. The summed E-state index contributed by atoms with van der Waals surface area (Å²) in [5, 5.41) is 4.93. The van der Waals surface area contributed by atoms with Crippen LogP contribution >= 0.6 is 23.6 Å². The fourth-order valence-corrected chi connectivity index (χ4v) is 4.61. The number of nitrogens with one attached hydrogen (secondary N) is 2. The van der Waals surface area contributed by atoms with E-state index in [4.69, 9.17) is 17.0 Å². The number of anilines is 2. The lowest BCUT2D eigenvalue weighted by Crippen LogP contribution is -2.35. The number of benzene rings is 1. The molecule has 0 bridgehead atoms. The number of rotatable bonds is 4. The summed E-state index contributed by atoms with van der Waals surface area (Å²) in [5.41, 5.74) is 1.15. The minimum atomic E-state index is -3.60. The fourth-order valence-electron chi connectivity index (χ4n) is 2.28. The highest BCUT2D eigenvalue weighted by Crippen LogP contribution is 2.38. The molecular formula is C15H14N2O3S3. The van der Waals surface area contributed by atoms with Crippen LogP contribution in [0.3, 0.4) is 0 Å². The second-order valence-electron chi connectivity index (χ2n) is 5.12. The van der Waals surface area contributed by atoms with Gasteiger partial charge in [-0.25, -0.2) is 8.42 Å². The Kier molecular flexibility index (Phi) is 3.91. The van der Waals surface area contributed by atoms with E-state index in [0.717, 1.165) is 22.6 Å². The van der Waals surface area contributed by atoms with E-state index in [0.29, 0.717) is 5.69 Å². The topological polar surface area (TPSA) is 67.4 Å². The van der Waals surface area contributed by atoms with E-state index >= 15 is 0 Å². The van der Waals surface area contributed by atoms with E-state index in [1.165, 1.54) is 0 Å². The van der Waals surface area contributed by atoms with E-state index in [1.54, 1.807) is 41.8 Å². The molecule has 0 amide bonds. The molecule has 1 aromatic carbocycles. The van der Waals surface area contributed by atoms with Crippen LogP contribution in [-0.2, 0) is 20.4 Å². The summed E-state index contributed by atoms with van der Waals surface area (Å²) in [5.74, 6) is 0. The van der Waals surface area contributed by atoms with E-state index in [-0.39, 0.29) is 9.38 Å². The molecule has 1 unspecified atom stereocenters. The number of hydrogen-bond donors (Lipinski definition) is 2. The minimum Gasteiger partial charge on any atom is -0.455 e. The molecule has 5 nitrogen and oxygen atoms in total. The zero-order valence-corrected chi connectivity index (χ0v) is 14.6. The first kappa shape index (κ1) is 16.0. The molecule has 8 heteroatoms. The molecule has 1 atom stereocenters. The molecule has 0 saturated carbocycles. The van der Waals surface area contributed by atoms with Crippen molar-refractivity contribution in [2.75, 3.05) is 10.0 Å². The quantitative estimate of drug-likeness (QED) is 0.638. The van der Waals surface area contributed by atoms with Crippen LogP contribution in [-0.4, -0.2) is 13.6 Å². The van der Waals surface area contributed by atoms with Crippen molar-refractivity contribution in [3.63, 3.8) is 0 Å². The lowest BCUT2D eigenvalue weighted by Gasteiger charge is -2.35. The van der Waals surface area contributed by atoms with Crippen molar-refractivity contribution in [3.8, 4) is 0 Å². The Morgan fingerprint density at radius 1 is 1.43 bits per heavy atom. The van der Waals surface area contributed by atoms with E-state index < -0.39 is 15.6 Å². The smallest absolute Gasteiger partial charge is 0.271 e. The van der Waals surface area contributed by atoms with Crippen LogP contribution < -0.4 is 10.0 Å². The first-order valence-electron chi connectivity index (χ1n) is 6.68. The predicted molar refractivity (Wildman–Crippen MR) is 96.4 cm³/mol. The van der Waals surface area contributed by atoms with Crippen molar-refractivity contribution in [2.24, 2.45) is 0 Å². The molecule has 23 heavy (non-hydrogen) atoms. The third-order valence-corrected chi connectivity index (χ3v) is 6.46. The van der Waals surface area contributed by atoms with Gasteiger partial charge in [-0.3, -0.25) is 4.72 Å². The van der Waals surface area contributed by atoms with Crippen LogP contribution in [0.1, 0.15) is 12.5 Å². The lowest BCUT2D eigenvalue weighted by molar-refractivity contribution is 0.127. The Morgan fingerprint density at radius 2 is 2.22 bits per heavy atom. The molecule has 1 aromatic heterocycles. The maximum Gasteiger partial charge on any atom is 0.271 e. The molecule has 2 aromatic rings. The van der Waals surface area contributed by atoms with E-state index in [9.17, 15) is 8.42 Å². The Bertz CT molecular complexity index is 875. The molecule has 0 fully saturated rings. The summed E-state index contributed by atoms with van der Waals surface area (Å²) < 4.78 is 33.1. The van der Waals surface area contributed by atoms with Crippen LogP contribution in [0, 0.1) is 0 Å². The van der Waals surface area contributed by atoms with Gasteiger partial charge in [0.1, 0.15) is 4.21 Å². The molecule has 1 aliphatic heterocycles. The normalized spacial score (nSPS) is 20.1. The van der Waals surface area contributed by atoms with E-state index in [2.05, 4.69) is 16.6 Å². The second-order valence-corrected chi connectivity index (χ2v) is 8.35. The Hall–Kier alpha value is -1.90. The maximum atomic E-state index is 12.3. The van der Waals surface area contributed by atoms with Gasteiger partial charge in [-0.1, -0.05) is 12.6 Å². The summed E-state index contributed by atoms with van der Waals surface area (Å²) >= 11 is 6.24. The zero-order valence-electron chi connectivity index (χ0n) is 12.2. The van der Waals surface area contributed by atoms with Crippen LogP contribution in [0.5, 0.6) is 0 Å². The molecule has 0 spiro atoms. The Labute approximate surface area is 144 Å². The number of ether oxygens (including phenoxy) is 1. The van der Waals surface area contributed by atoms with Crippen LogP contribution in [0.15, 0.2) is 52.6 Å². The lowest BCUT2D eigenvalue weighted by atomic mass is 9.92. The maximum absolute atomic E-state index is 12.3. The molecule has 1 aliphatic rings. The molecule has 3 rings (SSSR count). The van der Waals surface area contributed by atoms with E-state index in [1.807, 2.05) is 6.92 Å². The van der Waals surface area contributed by atoms with Gasteiger partial charge in [-0.2, -0.15) is 0 Å². The average molecular weight is 366 g/mol. The molecule has 2 heterocycles. The standard InChI is InChI=1S/C15H14N2O3S3/c1-3-15(2)11-9-10(6-7-12(11)16-14(21)20-15)17-23(18,19)13-5-4-8-22-13/h3-9,17H,1H2,2H3,(H,16,21). The van der Waals surface area contributed by atoms with Crippen molar-refractivity contribution in [3.05, 3.63) is 53.9 Å². The largest absolute Gasteiger partial charge is 0.455 e. The Morgan fingerprint density at radius 3 is 2.87 bits per heavy atom. The van der Waals surface area contributed by atoms with Gasteiger partial charge in [0.05, 0.1) is 0 Å². The van der Waals surface area contributed by atoms with Gasteiger partial charge in [-0.15, -0.1) is 11.3 Å². The molecule has 0 radical (unpaired) electrons. The van der Waals surface area contributed by atoms with Crippen molar-refractivity contribution < 1.29 is 13.2 Å². The monoisotopic (exact) mass is 366 g/mol. The van der Waals surface area contributed by atoms with Crippen LogP contribution in [0.4, 0.5) is 11.4 Å². The van der Waals surface area contributed by atoms with Crippen LogP contribution in [0.2, 0.25) is 0 Å². The predicted octanol–water partition coefficient (Wildman–Crippen LogP) is 3.68. The summed E-state index contributed by atoms with van der Waals surface area (Å²) in [4.78, 5) is 0. The summed E-state index contributed by atoms with van der Waals surface area (Å²) in [6.45, 7) is 5.61. The van der Waals surface area contributed by atoms with Gasteiger partial charge in [0.2, 0.25) is 0 Å². The van der Waals surface area contributed by atoms with Gasteiger partial charge in [0, 0.05) is 16.9 Å². The highest BCUT2D eigenvalue weighted by Gasteiger charge is 2.34. The van der Waals surface area contributed by atoms with Gasteiger partial charge in [0.25, 0.3) is 15.2 Å². The van der Waals surface area contributed by atoms with Gasteiger partial charge in [0.15, 0.2) is 5.60 Å². The highest BCUT2D eigenvalue weighted by atomic mass is 32.2. The third-order valence-electron chi connectivity index (χ3n) is 3.50. The highest BCUT2D eigenvalue weighted by molar-refractivity contribution is 7.94. The SMILES string of the molecule is C=CC1(C)OC(=S)Nc2ccc(NS(=O)(=O)c3cccs3)cc21.